The molecule has 0 radical (unpaired) electrons. The lowest BCUT2D eigenvalue weighted by Crippen LogP contribution is -2.42. The minimum atomic E-state index is -0.505. The molecule has 1 aliphatic heterocycles. The van der Waals surface area contributed by atoms with Crippen LogP contribution < -0.4 is 10.2 Å². The van der Waals surface area contributed by atoms with Gasteiger partial charge in [0.15, 0.2) is 0 Å². The molecule has 1 N–H and O–H groups in total. The van der Waals surface area contributed by atoms with Gasteiger partial charge in [-0.2, -0.15) is 0 Å². The van der Waals surface area contributed by atoms with Crippen molar-refractivity contribution < 1.29 is 19.1 Å². The highest BCUT2D eigenvalue weighted by atomic mass is 35.5. The van der Waals surface area contributed by atoms with Crippen LogP contribution in [-0.4, -0.2) is 36.8 Å². The second-order valence-electron chi connectivity index (χ2n) is 4.56. The van der Waals surface area contributed by atoms with Crippen molar-refractivity contribution >= 4 is 23.6 Å². The van der Waals surface area contributed by atoms with Gasteiger partial charge >= 0.3 is 6.09 Å². The van der Waals surface area contributed by atoms with E-state index in [4.69, 9.17) is 21.1 Å². The molecule has 114 valence electrons. The summed E-state index contributed by atoms with van der Waals surface area (Å²) in [6.07, 6.45) is 1.27. The number of nitrogens with zero attached hydrogens (tertiary/aromatic N) is 1. The first kappa shape index (κ1) is 15.4. The smallest absolute Gasteiger partial charge is 0.428 e. The number of amides is 2. The molecule has 1 heterocycles. The van der Waals surface area contributed by atoms with E-state index in [0.29, 0.717) is 37.6 Å². The number of hydrogen-bond acceptors (Lipinski definition) is 4. The zero-order valence-corrected chi connectivity index (χ0v) is 12.3. The Balaban J connectivity index is 1.56. The van der Waals surface area contributed by atoms with Gasteiger partial charge in [-0.25, -0.2) is 9.80 Å². The highest BCUT2D eigenvalue weighted by Gasteiger charge is 2.23. The maximum Gasteiger partial charge on any atom is 0.428 e. The molecule has 0 saturated carbocycles. The lowest BCUT2D eigenvalue weighted by molar-refractivity contribution is -0.124. The molecule has 0 aromatic heterocycles. The molecule has 1 aliphatic rings. The number of benzene rings is 1. The number of rotatable bonds is 7. The summed E-state index contributed by atoms with van der Waals surface area (Å²) < 4.78 is 10.2. The fourth-order valence-electron chi connectivity index (χ4n) is 1.81. The third-order valence-electron chi connectivity index (χ3n) is 2.90. The van der Waals surface area contributed by atoms with E-state index in [-0.39, 0.29) is 5.91 Å². The van der Waals surface area contributed by atoms with Crippen molar-refractivity contribution in [3.63, 3.8) is 0 Å². The molecule has 1 saturated heterocycles. The van der Waals surface area contributed by atoms with E-state index in [9.17, 15) is 9.59 Å². The molecule has 2 rings (SSSR count). The maximum atomic E-state index is 11.6. The molecule has 0 unspecified atom stereocenters. The molecule has 0 spiro atoms. The van der Waals surface area contributed by atoms with Crippen molar-refractivity contribution in [3.8, 4) is 5.75 Å². The third-order valence-corrected chi connectivity index (χ3v) is 3.15. The van der Waals surface area contributed by atoms with Crippen molar-refractivity contribution in [2.45, 2.75) is 19.3 Å². The zero-order chi connectivity index (χ0) is 15.1. The van der Waals surface area contributed by atoms with Gasteiger partial charge in [0.05, 0.1) is 13.2 Å². The molecular formula is C14H17ClN2O4. The van der Waals surface area contributed by atoms with Crippen LogP contribution in [0.3, 0.4) is 0 Å². The van der Waals surface area contributed by atoms with Crippen LogP contribution in [0.5, 0.6) is 5.75 Å². The van der Waals surface area contributed by atoms with Crippen molar-refractivity contribution in [1.29, 1.82) is 0 Å². The second kappa shape index (κ2) is 7.73. The average molecular weight is 313 g/mol. The normalized spacial score (nSPS) is 14.0. The van der Waals surface area contributed by atoms with Gasteiger partial charge in [-0.05, 0) is 37.1 Å². The molecule has 7 heteroatoms. The molecule has 21 heavy (non-hydrogen) atoms. The fourth-order valence-corrected chi connectivity index (χ4v) is 1.94. The molecule has 1 aromatic carbocycles. The van der Waals surface area contributed by atoms with Crippen molar-refractivity contribution in [2.24, 2.45) is 0 Å². The highest BCUT2D eigenvalue weighted by molar-refractivity contribution is 6.30. The lowest BCUT2D eigenvalue weighted by atomic mass is 10.2. The van der Waals surface area contributed by atoms with Gasteiger partial charge in [-0.3, -0.25) is 10.2 Å². The summed E-state index contributed by atoms with van der Waals surface area (Å²) >= 11 is 5.77. The molecule has 0 atom stereocenters. The quantitative estimate of drug-likeness (QED) is 0.785. The monoisotopic (exact) mass is 312 g/mol. The first-order valence-electron chi connectivity index (χ1n) is 6.77. The van der Waals surface area contributed by atoms with Crippen LogP contribution in [0.25, 0.3) is 0 Å². The van der Waals surface area contributed by atoms with Crippen LogP contribution >= 0.6 is 11.6 Å². The lowest BCUT2D eigenvalue weighted by Gasteiger charge is -2.13. The Morgan fingerprint density at radius 2 is 2.10 bits per heavy atom. The van der Waals surface area contributed by atoms with Gasteiger partial charge in [0.2, 0.25) is 5.91 Å². The van der Waals surface area contributed by atoms with Crippen LogP contribution in [-0.2, 0) is 9.53 Å². The van der Waals surface area contributed by atoms with E-state index in [2.05, 4.69) is 5.43 Å². The Labute approximate surface area is 127 Å². The Hall–Kier alpha value is -1.95. The number of unbranched alkanes of at least 4 members (excludes halogenated alkanes) is 1. The SMILES string of the molecule is O=C(CCCCOc1ccc(Cl)cc1)NN1CCOC1=O. The van der Waals surface area contributed by atoms with Gasteiger partial charge in [0.1, 0.15) is 12.4 Å². The van der Waals surface area contributed by atoms with Crippen LogP contribution in [0.15, 0.2) is 24.3 Å². The molecule has 0 aliphatic carbocycles. The Bertz CT molecular complexity index is 492. The number of hydrazine groups is 1. The third kappa shape index (κ3) is 5.15. The zero-order valence-electron chi connectivity index (χ0n) is 11.5. The summed E-state index contributed by atoms with van der Waals surface area (Å²) in [5, 5.41) is 1.85. The van der Waals surface area contributed by atoms with E-state index < -0.39 is 6.09 Å². The predicted molar refractivity (Wildman–Crippen MR) is 77.0 cm³/mol. The van der Waals surface area contributed by atoms with Gasteiger partial charge in [-0.15, -0.1) is 0 Å². The van der Waals surface area contributed by atoms with Gasteiger partial charge < -0.3 is 9.47 Å². The van der Waals surface area contributed by atoms with Crippen LogP contribution in [0.1, 0.15) is 19.3 Å². The van der Waals surface area contributed by atoms with Crippen molar-refractivity contribution in [2.75, 3.05) is 19.8 Å². The van der Waals surface area contributed by atoms with Crippen molar-refractivity contribution in [1.82, 2.24) is 10.4 Å². The number of ether oxygens (including phenoxy) is 2. The fraction of sp³-hybridized carbons (Fsp3) is 0.429. The first-order valence-corrected chi connectivity index (χ1v) is 7.15. The molecule has 6 nitrogen and oxygen atoms in total. The molecule has 2 amide bonds. The standard InChI is InChI=1S/C14H17ClN2O4/c15-11-4-6-12(7-5-11)20-9-2-1-3-13(18)16-17-8-10-21-14(17)19/h4-7H,1-3,8-10H2,(H,16,18). The molecule has 0 bridgehead atoms. The number of carbonyl (C=O) groups excluding carboxylic acids is 2. The topological polar surface area (TPSA) is 67.9 Å². The second-order valence-corrected chi connectivity index (χ2v) is 5.00. The van der Waals surface area contributed by atoms with Crippen LogP contribution in [0, 0.1) is 0 Å². The van der Waals surface area contributed by atoms with Gasteiger partial charge in [-0.1, -0.05) is 11.6 Å². The summed E-state index contributed by atoms with van der Waals surface area (Å²) in [6, 6.07) is 7.13. The van der Waals surface area contributed by atoms with Crippen LogP contribution in [0.2, 0.25) is 5.02 Å². The van der Waals surface area contributed by atoms with E-state index in [1.165, 1.54) is 5.01 Å². The average Bonchev–Trinajstić information content (AvgIpc) is 2.86. The number of halogens is 1. The summed E-state index contributed by atoms with van der Waals surface area (Å²) in [4.78, 5) is 22.7. The highest BCUT2D eigenvalue weighted by Crippen LogP contribution is 2.15. The van der Waals surface area contributed by atoms with Gasteiger partial charge in [0, 0.05) is 11.4 Å². The van der Waals surface area contributed by atoms with Gasteiger partial charge in [0.25, 0.3) is 0 Å². The maximum absolute atomic E-state index is 11.6. The first-order chi connectivity index (χ1) is 10.1. The van der Waals surface area contributed by atoms with Crippen molar-refractivity contribution in [3.05, 3.63) is 29.3 Å². The largest absolute Gasteiger partial charge is 0.494 e. The van der Waals surface area contributed by atoms with E-state index in [1.807, 2.05) is 0 Å². The number of cyclic esters (lactones) is 1. The Morgan fingerprint density at radius 1 is 1.33 bits per heavy atom. The molecular weight excluding hydrogens is 296 g/mol. The van der Waals surface area contributed by atoms with Crippen LogP contribution in [0.4, 0.5) is 4.79 Å². The summed E-state index contributed by atoms with van der Waals surface area (Å²) in [7, 11) is 0. The summed E-state index contributed by atoms with van der Waals surface area (Å²) in [5.74, 6) is 0.559. The summed E-state index contributed by atoms with van der Waals surface area (Å²) in [6.45, 7) is 1.24. The van der Waals surface area contributed by atoms with E-state index in [1.54, 1.807) is 24.3 Å². The Kier molecular flexibility index (Phi) is 5.68. The number of nitrogens with one attached hydrogen (secondary N) is 1. The number of carbonyl (C=O) groups is 2. The summed E-state index contributed by atoms with van der Waals surface area (Å²) in [5.41, 5.74) is 2.51. The van der Waals surface area contributed by atoms with E-state index >= 15 is 0 Å². The number of hydrogen-bond donors (Lipinski definition) is 1. The molecule has 1 fully saturated rings. The minimum Gasteiger partial charge on any atom is -0.494 e. The van der Waals surface area contributed by atoms with E-state index in [0.717, 1.165) is 12.2 Å². The predicted octanol–water partition coefficient (Wildman–Crippen LogP) is 2.37. The Morgan fingerprint density at radius 3 is 2.76 bits per heavy atom. The molecule has 1 aromatic rings. The minimum absolute atomic E-state index is 0.194.